The van der Waals surface area contributed by atoms with E-state index in [4.69, 9.17) is 20.5 Å². The van der Waals surface area contributed by atoms with Crippen LogP contribution >= 0.6 is 11.6 Å². The zero-order chi connectivity index (χ0) is 19.3. The van der Waals surface area contributed by atoms with Crippen molar-refractivity contribution >= 4 is 20.2 Å². The van der Waals surface area contributed by atoms with E-state index in [1.807, 2.05) is 18.2 Å². The third-order valence-electron chi connectivity index (χ3n) is 5.07. The normalized spacial score (nSPS) is 11.7. The molecular weight excluding hydrogens is 360 g/mol. The molecule has 0 aromatic heterocycles. The molecule has 0 unspecified atom stereocenters. The van der Waals surface area contributed by atoms with Gasteiger partial charge in [0, 0.05) is 6.61 Å². The first-order valence-corrected chi connectivity index (χ1v) is 13.3. The van der Waals surface area contributed by atoms with Crippen molar-refractivity contribution < 1.29 is 8.85 Å². The Morgan fingerprint density at radius 2 is 1.42 bits per heavy atom. The van der Waals surface area contributed by atoms with Crippen LogP contribution in [0.1, 0.15) is 84.1 Å². The topological polar surface area (TPSA) is 18.5 Å². The maximum Gasteiger partial charge on any atom is 0.398 e. The fourth-order valence-corrected chi connectivity index (χ4v) is 5.75. The Labute approximate surface area is 167 Å². The van der Waals surface area contributed by atoms with Crippen LogP contribution in [0.25, 0.3) is 0 Å². The predicted octanol–water partition coefficient (Wildman–Crippen LogP) is 8.06. The quantitative estimate of drug-likeness (QED) is 0.219. The van der Waals surface area contributed by atoms with Gasteiger partial charge in [-0.05, 0) is 43.1 Å². The van der Waals surface area contributed by atoms with Gasteiger partial charge in [-0.2, -0.15) is 0 Å². The molecule has 0 atom stereocenters. The highest BCUT2D eigenvalue weighted by Crippen LogP contribution is 2.31. The van der Waals surface area contributed by atoms with Gasteiger partial charge in [0.05, 0.1) is 5.02 Å². The van der Waals surface area contributed by atoms with Crippen molar-refractivity contribution in [3.63, 3.8) is 0 Å². The van der Waals surface area contributed by atoms with E-state index in [9.17, 15) is 0 Å². The molecule has 0 heterocycles. The average molecular weight is 399 g/mol. The van der Waals surface area contributed by atoms with E-state index in [0.29, 0.717) is 5.02 Å². The number of benzene rings is 1. The molecule has 0 aliphatic carbocycles. The Bertz CT molecular complexity index is 489. The van der Waals surface area contributed by atoms with E-state index in [2.05, 4.69) is 27.7 Å². The molecule has 0 saturated carbocycles. The zero-order valence-electron chi connectivity index (χ0n) is 17.4. The van der Waals surface area contributed by atoms with Gasteiger partial charge < -0.3 is 8.85 Å². The minimum Gasteiger partial charge on any atom is -0.519 e. The molecule has 0 spiro atoms. The van der Waals surface area contributed by atoms with Gasteiger partial charge in [-0.25, -0.2) is 0 Å². The smallest absolute Gasteiger partial charge is 0.398 e. The molecule has 1 aromatic rings. The van der Waals surface area contributed by atoms with Crippen molar-refractivity contribution in [3.8, 4) is 5.75 Å². The van der Waals surface area contributed by atoms with Gasteiger partial charge in [0.2, 0.25) is 0 Å². The molecule has 2 nitrogen and oxygen atoms in total. The molecule has 0 N–H and O–H groups in total. The second kappa shape index (κ2) is 13.6. The molecule has 0 aliphatic rings. The second-order valence-electron chi connectivity index (χ2n) is 7.33. The highest BCUT2D eigenvalue weighted by Gasteiger charge is 2.36. The van der Waals surface area contributed by atoms with Crippen LogP contribution in [0.2, 0.25) is 17.1 Å². The zero-order valence-corrected chi connectivity index (χ0v) is 19.2. The second-order valence-corrected chi connectivity index (χ2v) is 11.5. The monoisotopic (exact) mass is 398 g/mol. The van der Waals surface area contributed by atoms with Crippen molar-refractivity contribution in [2.45, 2.75) is 97.6 Å². The number of hydrogen-bond acceptors (Lipinski definition) is 2. The molecule has 1 rings (SSSR count). The molecule has 26 heavy (non-hydrogen) atoms. The first-order chi connectivity index (χ1) is 12.6. The summed E-state index contributed by atoms with van der Waals surface area (Å²) < 4.78 is 12.7. The van der Waals surface area contributed by atoms with Crippen LogP contribution in [-0.2, 0) is 4.43 Å². The van der Waals surface area contributed by atoms with E-state index in [1.54, 1.807) is 0 Å². The Balaban J connectivity index is 2.33. The molecular formula is C22H39ClO2Si. The lowest BCUT2D eigenvalue weighted by Crippen LogP contribution is -2.44. The summed E-state index contributed by atoms with van der Waals surface area (Å²) in [6, 6.07) is 7.85. The van der Waals surface area contributed by atoms with Gasteiger partial charge in [-0.1, -0.05) is 89.8 Å². The van der Waals surface area contributed by atoms with Crippen molar-refractivity contribution in [2.75, 3.05) is 6.61 Å². The van der Waals surface area contributed by atoms with E-state index in [1.165, 1.54) is 56.9 Å². The molecule has 0 aliphatic heterocycles. The van der Waals surface area contributed by atoms with Crippen molar-refractivity contribution in [3.05, 3.63) is 28.8 Å². The first-order valence-electron chi connectivity index (χ1n) is 10.7. The average Bonchev–Trinajstić information content (AvgIpc) is 2.65. The van der Waals surface area contributed by atoms with Crippen LogP contribution in [-0.4, -0.2) is 15.2 Å². The van der Waals surface area contributed by atoms with E-state index in [-0.39, 0.29) is 0 Å². The maximum atomic E-state index is 6.38. The molecule has 0 bridgehead atoms. The lowest BCUT2D eigenvalue weighted by Gasteiger charge is -2.30. The fourth-order valence-electron chi connectivity index (χ4n) is 3.19. The summed E-state index contributed by atoms with van der Waals surface area (Å²) in [5, 5.41) is 0.682. The summed E-state index contributed by atoms with van der Waals surface area (Å²) in [6.45, 7) is 9.50. The number of hydrogen-bond donors (Lipinski definition) is 0. The Morgan fingerprint density at radius 1 is 0.846 bits per heavy atom. The summed E-state index contributed by atoms with van der Waals surface area (Å²) in [5.74, 6) is 0.786. The molecule has 1 aromatic carbocycles. The molecule has 0 saturated heterocycles. The summed E-state index contributed by atoms with van der Waals surface area (Å²) in [7, 11) is -2.21. The third kappa shape index (κ3) is 8.92. The molecule has 0 radical (unpaired) electrons. The standard InChI is InChI=1S/C22H39ClO2Si/c1-5-8-9-10-11-12-13-14-15-18-24-26(6-2,7-3)25-22-19-20(4)16-17-21(22)23/h16-17,19H,5-15,18H2,1-4H3. The minimum atomic E-state index is -2.21. The number of rotatable bonds is 15. The Morgan fingerprint density at radius 3 is 2.00 bits per heavy atom. The highest BCUT2D eigenvalue weighted by atomic mass is 35.5. The van der Waals surface area contributed by atoms with Gasteiger partial charge in [-0.3, -0.25) is 0 Å². The van der Waals surface area contributed by atoms with Gasteiger partial charge in [-0.15, -0.1) is 0 Å². The van der Waals surface area contributed by atoms with Crippen molar-refractivity contribution in [2.24, 2.45) is 0 Å². The lowest BCUT2D eigenvalue weighted by atomic mass is 10.1. The number of unbranched alkanes of at least 4 members (excludes halogenated alkanes) is 8. The highest BCUT2D eigenvalue weighted by molar-refractivity contribution is 6.68. The van der Waals surface area contributed by atoms with Crippen molar-refractivity contribution in [1.29, 1.82) is 0 Å². The van der Waals surface area contributed by atoms with Gasteiger partial charge in [0.25, 0.3) is 0 Å². The molecule has 4 heteroatoms. The van der Waals surface area contributed by atoms with Crippen LogP contribution in [0, 0.1) is 6.92 Å². The van der Waals surface area contributed by atoms with Crippen LogP contribution in [0.3, 0.4) is 0 Å². The van der Waals surface area contributed by atoms with Gasteiger partial charge >= 0.3 is 8.56 Å². The van der Waals surface area contributed by atoms with Gasteiger partial charge in [0.1, 0.15) is 5.75 Å². The van der Waals surface area contributed by atoms with E-state index < -0.39 is 8.56 Å². The third-order valence-corrected chi connectivity index (χ3v) is 8.86. The molecule has 150 valence electrons. The van der Waals surface area contributed by atoms with E-state index in [0.717, 1.165) is 30.9 Å². The summed E-state index contributed by atoms with van der Waals surface area (Å²) in [4.78, 5) is 0. The Hall–Kier alpha value is -0.513. The predicted molar refractivity (Wildman–Crippen MR) is 117 cm³/mol. The number of aryl methyl sites for hydroxylation is 1. The van der Waals surface area contributed by atoms with Crippen molar-refractivity contribution in [1.82, 2.24) is 0 Å². The summed E-state index contributed by atoms with van der Waals surface area (Å²) >= 11 is 6.32. The first kappa shape index (κ1) is 23.5. The fraction of sp³-hybridized carbons (Fsp3) is 0.727. The SMILES string of the molecule is CCCCCCCCCCCO[Si](CC)(CC)Oc1cc(C)ccc1Cl. The largest absolute Gasteiger partial charge is 0.519 e. The maximum absolute atomic E-state index is 6.38. The number of halogens is 1. The van der Waals surface area contributed by atoms with Gasteiger partial charge in [0.15, 0.2) is 0 Å². The lowest BCUT2D eigenvalue weighted by molar-refractivity contribution is 0.230. The molecule has 0 fully saturated rings. The van der Waals surface area contributed by atoms with E-state index >= 15 is 0 Å². The molecule has 0 amide bonds. The summed E-state index contributed by atoms with van der Waals surface area (Å²) in [5.41, 5.74) is 1.17. The van der Waals surface area contributed by atoms with Crippen LogP contribution in [0.4, 0.5) is 0 Å². The van der Waals surface area contributed by atoms with Crippen LogP contribution < -0.4 is 4.43 Å². The minimum absolute atomic E-state index is 0.682. The summed E-state index contributed by atoms with van der Waals surface area (Å²) in [6.07, 6.45) is 12.0. The van der Waals surface area contributed by atoms with Crippen LogP contribution in [0.15, 0.2) is 18.2 Å². The van der Waals surface area contributed by atoms with Crippen LogP contribution in [0.5, 0.6) is 5.75 Å². The Kier molecular flexibility index (Phi) is 12.3.